The van der Waals surface area contributed by atoms with Gasteiger partial charge < -0.3 is 11.1 Å². The van der Waals surface area contributed by atoms with Crippen molar-refractivity contribution in [2.24, 2.45) is 0 Å². The number of rotatable bonds is 3. The third-order valence-electron chi connectivity index (χ3n) is 1.65. The third-order valence-corrected chi connectivity index (χ3v) is 2.15. The van der Waals surface area contributed by atoms with Gasteiger partial charge in [-0.15, -0.1) is 0 Å². The maximum atomic E-state index is 11.5. The Morgan fingerprint density at radius 1 is 1.62 bits per heavy atom. The molecule has 13 heavy (non-hydrogen) atoms. The molecule has 0 unspecified atom stereocenters. The molecule has 0 atom stereocenters. The van der Waals surface area contributed by atoms with E-state index < -0.39 is 0 Å². The molecular formula is C9H11BrN2O. The SMILES string of the molecule is CNCC(=O)c1cc(Br)ccc1N. The lowest BCUT2D eigenvalue weighted by atomic mass is 10.1. The molecule has 0 aromatic heterocycles. The number of likely N-dealkylation sites (N-methyl/N-ethyl adjacent to an activating group) is 1. The Bertz CT molecular complexity index is 325. The number of Topliss-reactive ketones (excluding diaryl/α,β-unsaturated/α-hetero) is 1. The fourth-order valence-electron chi connectivity index (χ4n) is 1.03. The highest BCUT2D eigenvalue weighted by Gasteiger charge is 2.08. The number of nitrogens with two attached hydrogens (primary N) is 1. The molecule has 0 amide bonds. The van der Waals surface area contributed by atoms with E-state index in [9.17, 15) is 4.79 Å². The van der Waals surface area contributed by atoms with Crippen LogP contribution in [0.2, 0.25) is 0 Å². The molecule has 0 saturated carbocycles. The van der Waals surface area contributed by atoms with Gasteiger partial charge in [0.2, 0.25) is 0 Å². The molecule has 0 aliphatic rings. The van der Waals surface area contributed by atoms with Crippen LogP contribution in [0.4, 0.5) is 5.69 Å². The molecule has 0 heterocycles. The van der Waals surface area contributed by atoms with E-state index in [4.69, 9.17) is 5.73 Å². The fourth-order valence-corrected chi connectivity index (χ4v) is 1.39. The molecule has 3 N–H and O–H groups in total. The number of ketones is 1. The van der Waals surface area contributed by atoms with Gasteiger partial charge in [0.1, 0.15) is 0 Å². The van der Waals surface area contributed by atoms with Gasteiger partial charge in [-0.3, -0.25) is 4.79 Å². The van der Waals surface area contributed by atoms with Crippen molar-refractivity contribution in [3.05, 3.63) is 28.2 Å². The largest absolute Gasteiger partial charge is 0.398 e. The van der Waals surface area contributed by atoms with Gasteiger partial charge >= 0.3 is 0 Å². The highest BCUT2D eigenvalue weighted by atomic mass is 79.9. The highest BCUT2D eigenvalue weighted by Crippen LogP contribution is 2.18. The van der Waals surface area contributed by atoms with Crippen molar-refractivity contribution in [3.63, 3.8) is 0 Å². The Labute approximate surface area is 85.4 Å². The zero-order valence-electron chi connectivity index (χ0n) is 7.30. The minimum Gasteiger partial charge on any atom is -0.398 e. The van der Waals surface area contributed by atoms with Crippen molar-refractivity contribution in [1.82, 2.24) is 5.32 Å². The lowest BCUT2D eigenvalue weighted by Gasteiger charge is -2.04. The summed E-state index contributed by atoms with van der Waals surface area (Å²) in [5, 5.41) is 2.79. The predicted molar refractivity (Wildman–Crippen MR) is 56.8 cm³/mol. The van der Waals surface area contributed by atoms with Crippen LogP contribution in [0.15, 0.2) is 22.7 Å². The van der Waals surface area contributed by atoms with Crippen LogP contribution in [0, 0.1) is 0 Å². The van der Waals surface area contributed by atoms with Crippen LogP contribution < -0.4 is 11.1 Å². The Morgan fingerprint density at radius 2 is 2.31 bits per heavy atom. The van der Waals surface area contributed by atoms with E-state index in [1.165, 1.54) is 0 Å². The third kappa shape index (κ3) is 2.54. The molecule has 0 fully saturated rings. The number of carbonyl (C=O) groups is 1. The number of hydrogen-bond acceptors (Lipinski definition) is 3. The summed E-state index contributed by atoms with van der Waals surface area (Å²) in [5.74, 6) is 0.00120. The summed E-state index contributed by atoms with van der Waals surface area (Å²) < 4.78 is 0.862. The van der Waals surface area contributed by atoms with E-state index in [2.05, 4.69) is 21.2 Å². The zero-order chi connectivity index (χ0) is 9.84. The first-order valence-electron chi connectivity index (χ1n) is 3.88. The van der Waals surface area contributed by atoms with Gasteiger partial charge in [0, 0.05) is 15.7 Å². The first-order chi connectivity index (χ1) is 6.15. The maximum Gasteiger partial charge on any atom is 0.178 e. The van der Waals surface area contributed by atoms with Crippen LogP contribution in [0.3, 0.4) is 0 Å². The summed E-state index contributed by atoms with van der Waals surface area (Å²) in [6.07, 6.45) is 0. The molecule has 0 aliphatic carbocycles. The van der Waals surface area contributed by atoms with Crippen molar-refractivity contribution in [3.8, 4) is 0 Å². The second-order valence-corrected chi connectivity index (χ2v) is 3.60. The van der Waals surface area contributed by atoms with E-state index >= 15 is 0 Å². The van der Waals surface area contributed by atoms with Crippen molar-refractivity contribution < 1.29 is 4.79 Å². The number of benzene rings is 1. The number of carbonyl (C=O) groups excluding carboxylic acids is 1. The smallest absolute Gasteiger partial charge is 0.178 e. The number of hydrogen-bond donors (Lipinski definition) is 2. The lowest BCUT2D eigenvalue weighted by Crippen LogP contribution is -2.19. The van der Waals surface area contributed by atoms with Crippen LogP contribution in [-0.2, 0) is 0 Å². The van der Waals surface area contributed by atoms with Gasteiger partial charge in [0.05, 0.1) is 6.54 Å². The molecule has 0 aliphatic heterocycles. The highest BCUT2D eigenvalue weighted by molar-refractivity contribution is 9.10. The summed E-state index contributed by atoms with van der Waals surface area (Å²) in [5.41, 5.74) is 6.73. The first kappa shape index (κ1) is 10.2. The fraction of sp³-hybridized carbons (Fsp3) is 0.222. The van der Waals surface area contributed by atoms with Gasteiger partial charge in [0.15, 0.2) is 5.78 Å². The van der Waals surface area contributed by atoms with Crippen LogP contribution >= 0.6 is 15.9 Å². The first-order valence-corrected chi connectivity index (χ1v) is 4.67. The predicted octanol–water partition coefficient (Wildman–Crippen LogP) is 1.43. The molecule has 3 nitrogen and oxygen atoms in total. The lowest BCUT2D eigenvalue weighted by molar-refractivity contribution is 0.0994. The molecule has 70 valence electrons. The Hall–Kier alpha value is -0.870. The molecule has 0 spiro atoms. The van der Waals surface area contributed by atoms with Gasteiger partial charge in [-0.05, 0) is 25.2 Å². The minimum absolute atomic E-state index is 0.00120. The quantitative estimate of drug-likeness (QED) is 0.623. The van der Waals surface area contributed by atoms with Gasteiger partial charge in [-0.1, -0.05) is 15.9 Å². The monoisotopic (exact) mass is 242 g/mol. The number of anilines is 1. The van der Waals surface area contributed by atoms with Crippen molar-refractivity contribution in [2.75, 3.05) is 19.3 Å². The summed E-state index contributed by atoms with van der Waals surface area (Å²) in [6.45, 7) is 0.306. The molecule has 4 heteroatoms. The Kier molecular flexibility index (Phi) is 3.45. The molecule has 0 bridgehead atoms. The maximum absolute atomic E-state index is 11.5. The van der Waals surface area contributed by atoms with Crippen molar-refractivity contribution >= 4 is 27.4 Å². The normalized spacial score (nSPS) is 10.0. The molecule has 0 saturated heterocycles. The second kappa shape index (κ2) is 4.39. The average molecular weight is 243 g/mol. The molecular weight excluding hydrogens is 232 g/mol. The van der Waals surface area contributed by atoms with Gasteiger partial charge in [0.25, 0.3) is 0 Å². The molecule has 1 rings (SSSR count). The molecule has 1 aromatic rings. The van der Waals surface area contributed by atoms with E-state index in [0.29, 0.717) is 17.8 Å². The molecule has 0 radical (unpaired) electrons. The zero-order valence-corrected chi connectivity index (χ0v) is 8.89. The van der Waals surface area contributed by atoms with E-state index in [1.807, 2.05) is 6.07 Å². The minimum atomic E-state index is 0.00120. The van der Waals surface area contributed by atoms with E-state index in [0.717, 1.165) is 4.47 Å². The number of halogens is 1. The number of nitrogen functional groups attached to an aromatic ring is 1. The molecule has 1 aromatic carbocycles. The standard InChI is InChI=1S/C9H11BrN2O/c1-12-5-9(13)7-4-6(10)2-3-8(7)11/h2-4,12H,5,11H2,1H3. The summed E-state index contributed by atoms with van der Waals surface area (Å²) in [7, 11) is 1.73. The second-order valence-electron chi connectivity index (χ2n) is 2.69. The van der Waals surface area contributed by atoms with E-state index in [-0.39, 0.29) is 5.78 Å². The summed E-state index contributed by atoms with van der Waals surface area (Å²) >= 11 is 3.29. The van der Waals surface area contributed by atoms with Crippen molar-refractivity contribution in [2.45, 2.75) is 0 Å². The van der Waals surface area contributed by atoms with Crippen LogP contribution in [0.25, 0.3) is 0 Å². The van der Waals surface area contributed by atoms with Crippen LogP contribution in [0.1, 0.15) is 10.4 Å². The summed E-state index contributed by atoms with van der Waals surface area (Å²) in [6, 6.07) is 5.26. The van der Waals surface area contributed by atoms with Crippen LogP contribution in [0.5, 0.6) is 0 Å². The topological polar surface area (TPSA) is 55.1 Å². The summed E-state index contributed by atoms with van der Waals surface area (Å²) in [4.78, 5) is 11.5. The van der Waals surface area contributed by atoms with Crippen LogP contribution in [-0.4, -0.2) is 19.4 Å². The Balaban J connectivity index is 2.99. The average Bonchev–Trinajstić information content (AvgIpc) is 2.09. The van der Waals surface area contributed by atoms with Crippen molar-refractivity contribution in [1.29, 1.82) is 0 Å². The van der Waals surface area contributed by atoms with E-state index in [1.54, 1.807) is 19.2 Å². The van der Waals surface area contributed by atoms with Gasteiger partial charge in [-0.25, -0.2) is 0 Å². The number of nitrogens with one attached hydrogen (secondary N) is 1. The Morgan fingerprint density at radius 3 is 2.92 bits per heavy atom. The van der Waals surface area contributed by atoms with Gasteiger partial charge in [-0.2, -0.15) is 0 Å².